The maximum Gasteiger partial charge on any atom is 0.296 e. The van der Waals surface area contributed by atoms with E-state index in [-0.39, 0.29) is 10.8 Å². The van der Waals surface area contributed by atoms with Gasteiger partial charge in [-0.05, 0) is 6.07 Å². The molecule has 0 radical (unpaired) electrons. The summed E-state index contributed by atoms with van der Waals surface area (Å²) in [5.41, 5.74) is 3.56. The van der Waals surface area contributed by atoms with Crippen molar-refractivity contribution in [1.82, 2.24) is 4.98 Å². The minimum absolute atomic E-state index is 0.101. The Labute approximate surface area is 114 Å². The summed E-state index contributed by atoms with van der Waals surface area (Å²) in [4.78, 5) is 25.2. The lowest BCUT2D eigenvalue weighted by molar-refractivity contribution is -0.384. The fourth-order valence-electron chi connectivity index (χ4n) is 1.38. The predicted molar refractivity (Wildman–Crippen MR) is 67.5 cm³/mol. The van der Waals surface area contributed by atoms with Crippen LogP contribution in [-0.4, -0.2) is 15.8 Å². The molecule has 0 unspecified atom stereocenters. The number of nitro groups is 1. The number of hydrogen-bond donors (Lipinski definition) is 2. The van der Waals surface area contributed by atoms with Crippen LogP contribution in [0.15, 0.2) is 17.5 Å². The largest absolute Gasteiger partial charge is 0.375 e. The molecule has 3 N–H and O–H groups in total. The normalized spacial score (nSPS) is 10.3. The molecule has 1 heterocycles. The number of halogens is 2. The summed E-state index contributed by atoms with van der Waals surface area (Å²) in [5.74, 6) is -3.76. The second kappa shape index (κ2) is 5.17. The van der Waals surface area contributed by atoms with Crippen LogP contribution in [0.25, 0.3) is 0 Å². The molecule has 0 aliphatic heterocycles. The molecule has 20 heavy (non-hydrogen) atoms. The van der Waals surface area contributed by atoms with E-state index in [2.05, 4.69) is 4.98 Å². The number of amides is 1. The smallest absolute Gasteiger partial charge is 0.296 e. The lowest BCUT2D eigenvalue weighted by Crippen LogP contribution is -2.15. The quantitative estimate of drug-likeness (QED) is 0.666. The molecule has 0 aliphatic carbocycles. The Balaban J connectivity index is 2.40. The lowest BCUT2D eigenvalue weighted by atomic mass is 10.2. The number of carbonyl (C=O) groups excluding carboxylic acids is 1. The second-order valence-electron chi connectivity index (χ2n) is 3.54. The molecule has 2 aromatic rings. The maximum atomic E-state index is 13.6. The Hall–Kier alpha value is -2.62. The summed E-state index contributed by atoms with van der Waals surface area (Å²) in [5, 5.41) is 14.0. The number of nitrogens with two attached hydrogens (primary N) is 1. The number of carbonyl (C=O) groups is 1. The molecule has 0 spiro atoms. The molecule has 0 saturated carbocycles. The first kappa shape index (κ1) is 13.8. The Morgan fingerprint density at radius 1 is 1.45 bits per heavy atom. The first-order valence-electron chi connectivity index (χ1n) is 5.05. The third-order valence-corrected chi connectivity index (χ3v) is 2.94. The van der Waals surface area contributed by atoms with E-state index in [1.807, 2.05) is 5.32 Å². The highest BCUT2D eigenvalue weighted by molar-refractivity contribution is 7.13. The highest BCUT2D eigenvalue weighted by atomic mass is 32.1. The van der Waals surface area contributed by atoms with Crippen LogP contribution in [0, 0.1) is 21.7 Å². The van der Waals surface area contributed by atoms with E-state index in [1.54, 1.807) is 0 Å². The summed E-state index contributed by atoms with van der Waals surface area (Å²) in [7, 11) is 0. The number of hydrogen-bond acceptors (Lipinski definition) is 6. The number of benzene rings is 1. The molecule has 1 aromatic heterocycles. The molecule has 104 valence electrons. The fraction of sp³-hybridized carbons (Fsp3) is 0. The molecule has 0 atom stereocenters. The fourth-order valence-corrected chi connectivity index (χ4v) is 1.92. The molecule has 1 amide bonds. The van der Waals surface area contributed by atoms with Crippen molar-refractivity contribution in [1.29, 1.82) is 0 Å². The molecule has 0 fully saturated rings. The van der Waals surface area contributed by atoms with Crippen LogP contribution in [0.5, 0.6) is 0 Å². The first-order chi connectivity index (χ1) is 9.40. The maximum absolute atomic E-state index is 13.6. The third-order valence-electron chi connectivity index (χ3n) is 2.26. The third kappa shape index (κ3) is 2.54. The van der Waals surface area contributed by atoms with Crippen LogP contribution < -0.4 is 11.1 Å². The number of nitro benzene ring substituents is 1. The van der Waals surface area contributed by atoms with Gasteiger partial charge in [-0.1, -0.05) is 0 Å². The number of rotatable bonds is 3. The Morgan fingerprint density at radius 3 is 2.70 bits per heavy atom. The van der Waals surface area contributed by atoms with Gasteiger partial charge < -0.3 is 11.1 Å². The van der Waals surface area contributed by atoms with Gasteiger partial charge >= 0.3 is 0 Å². The summed E-state index contributed by atoms with van der Waals surface area (Å²) in [6.07, 6.45) is 0. The van der Waals surface area contributed by atoms with Crippen molar-refractivity contribution in [3.05, 3.63) is 45.0 Å². The van der Waals surface area contributed by atoms with Gasteiger partial charge in [0, 0.05) is 11.4 Å². The number of nitrogen functional groups attached to an aromatic ring is 1. The minimum atomic E-state index is -1.52. The number of nitrogens with zero attached hydrogens (tertiary/aromatic N) is 2. The Kier molecular flexibility index (Phi) is 3.57. The molecule has 0 saturated heterocycles. The van der Waals surface area contributed by atoms with E-state index in [1.165, 1.54) is 5.38 Å². The van der Waals surface area contributed by atoms with Crippen LogP contribution >= 0.6 is 11.3 Å². The van der Waals surface area contributed by atoms with Crippen LogP contribution in [0.1, 0.15) is 10.5 Å². The van der Waals surface area contributed by atoms with E-state index < -0.39 is 33.8 Å². The van der Waals surface area contributed by atoms with E-state index in [0.29, 0.717) is 6.07 Å². The van der Waals surface area contributed by atoms with Gasteiger partial charge in [0.25, 0.3) is 11.6 Å². The van der Waals surface area contributed by atoms with Crippen LogP contribution in [0.4, 0.5) is 25.3 Å². The van der Waals surface area contributed by atoms with Crippen molar-refractivity contribution in [2.75, 3.05) is 11.1 Å². The SMILES string of the molecule is Nc1nc(C(=O)Nc2c([N+](=O)[O-])ccc(F)c2F)cs1. The van der Waals surface area contributed by atoms with Gasteiger partial charge in [-0.25, -0.2) is 13.8 Å². The Bertz CT molecular complexity index is 704. The highest BCUT2D eigenvalue weighted by Crippen LogP contribution is 2.29. The zero-order chi connectivity index (χ0) is 14.9. The van der Waals surface area contributed by atoms with Gasteiger partial charge in [0.1, 0.15) is 5.69 Å². The number of nitrogens with one attached hydrogen (secondary N) is 1. The first-order valence-corrected chi connectivity index (χ1v) is 5.93. The Morgan fingerprint density at radius 2 is 2.15 bits per heavy atom. The predicted octanol–water partition coefficient (Wildman–Crippen LogP) is 2.16. The van der Waals surface area contributed by atoms with E-state index in [4.69, 9.17) is 5.73 Å². The van der Waals surface area contributed by atoms with Gasteiger partial charge in [-0.2, -0.15) is 0 Å². The van der Waals surface area contributed by atoms with E-state index in [0.717, 1.165) is 17.4 Å². The lowest BCUT2D eigenvalue weighted by Gasteiger charge is -2.06. The molecule has 7 nitrogen and oxygen atoms in total. The highest BCUT2D eigenvalue weighted by Gasteiger charge is 2.24. The summed E-state index contributed by atoms with van der Waals surface area (Å²) in [6, 6.07) is 1.35. The zero-order valence-electron chi connectivity index (χ0n) is 9.59. The molecule has 0 bridgehead atoms. The van der Waals surface area contributed by atoms with Crippen LogP contribution in [0.2, 0.25) is 0 Å². The average Bonchev–Trinajstić information content (AvgIpc) is 2.81. The second-order valence-corrected chi connectivity index (χ2v) is 4.43. The van der Waals surface area contributed by atoms with Crippen molar-refractivity contribution in [3.8, 4) is 0 Å². The van der Waals surface area contributed by atoms with Crippen molar-refractivity contribution in [3.63, 3.8) is 0 Å². The summed E-state index contributed by atoms with van der Waals surface area (Å²) >= 11 is 0.965. The zero-order valence-corrected chi connectivity index (χ0v) is 10.4. The van der Waals surface area contributed by atoms with Crippen molar-refractivity contribution < 1.29 is 18.5 Å². The van der Waals surface area contributed by atoms with Gasteiger partial charge in [-0.15, -0.1) is 11.3 Å². The van der Waals surface area contributed by atoms with Crippen LogP contribution in [-0.2, 0) is 0 Å². The van der Waals surface area contributed by atoms with Gasteiger partial charge in [0.05, 0.1) is 4.92 Å². The van der Waals surface area contributed by atoms with Gasteiger partial charge in [-0.3, -0.25) is 14.9 Å². The molecule has 0 aliphatic rings. The molecule has 10 heteroatoms. The molecule has 2 rings (SSSR count). The number of anilines is 2. The van der Waals surface area contributed by atoms with Gasteiger partial charge in [0.2, 0.25) is 0 Å². The van der Waals surface area contributed by atoms with Crippen molar-refractivity contribution >= 4 is 33.8 Å². The topological polar surface area (TPSA) is 111 Å². The molecular weight excluding hydrogens is 294 g/mol. The molecule has 1 aromatic carbocycles. The van der Waals surface area contributed by atoms with E-state index >= 15 is 0 Å². The number of thiazole rings is 1. The molecular formula is C10H6F2N4O3S. The van der Waals surface area contributed by atoms with Crippen LogP contribution in [0.3, 0.4) is 0 Å². The van der Waals surface area contributed by atoms with Crippen molar-refractivity contribution in [2.24, 2.45) is 0 Å². The summed E-state index contributed by atoms with van der Waals surface area (Å²) < 4.78 is 26.7. The number of aromatic nitrogens is 1. The monoisotopic (exact) mass is 300 g/mol. The van der Waals surface area contributed by atoms with Crippen molar-refractivity contribution in [2.45, 2.75) is 0 Å². The summed E-state index contributed by atoms with van der Waals surface area (Å²) in [6.45, 7) is 0. The average molecular weight is 300 g/mol. The standard InChI is InChI=1S/C10H6F2N4O3S/c11-4-1-2-6(16(18)19)8(7(4)12)15-9(17)5-3-20-10(13)14-5/h1-3H,(H2,13,14)(H,15,17). The van der Waals surface area contributed by atoms with E-state index in [9.17, 15) is 23.7 Å². The van der Waals surface area contributed by atoms with Gasteiger partial charge in [0.15, 0.2) is 22.5 Å². The minimum Gasteiger partial charge on any atom is -0.375 e.